The van der Waals surface area contributed by atoms with Gasteiger partial charge in [0.1, 0.15) is 0 Å². The van der Waals surface area contributed by atoms with Crippen LogP contribution in [0.25, 0.3) is 104 Å². The first-order chi connectivity index (χ1) is 31.3. The second kappa shape index (κ2) is 13.0. The second-order valence-electron chi connectivity index (χ2n) is 16.6. The lowest BCUT2D eigenvalue weighted by Gasteiger charge is -2.30. The van der Waals surface area contributed by atoms with Crippen molar-refractivity contribution in [3.8, 4) is 62.1 Å². The number of rotatable bonds is 4. The van der Waals surface area contributed by atoms with E-state index in [1.54, 1.807) is 0 Å². The van der Waals surface area contributed by atoms with E-state index in [9.17, 15) is 0 Å². The molecule has 9 aromatic carbocycles. The molecule has 3 heterocycles. The third-order valence-corrected chi connectivity index (χ3v) is 14.7. The molecule has 63 heavy (non-hydrogen) atoms. The van der Waals surface area contributed by atoms with Crippen LogP contribution >= 0.6 is 11.3 Å². The highest BCUT2D eigenvalue weighted by atomic mass is 32.1. The Morgan fingerprint density at radius 3 is 1.54 bits per heavy atom. The molecule has 2 aliphatic rings. The normalized spacial score (nSPS) is 13.2. The van der Waals surface area contributed by atoms with Crippen molar-refractivity contribution in [2.45, 2.75) is 5.41 Å². The summed E-state index contributed by atoms with van der Waals surface area (Å²) < 4.78 is 4.93. The Hall–Kier alpha value is -7.99. The predicted octanol–water partition coefficient (Wildman–Crippen LogP) is 14.7. The maximum absolute atomic E-state index is 5.24. The highest BCUT2D eigenvalue weighted by Crippen LogP contribution is 2.63. The number of aromatic nitrogens is 4. The Kier molecular flexibility index (Phi) is 7.16. The number of fused-ring (bicyclic) bond motifs is 16. The summed E-state index contributed by atoms with van der Waals surface area (Å²) in [5.41, 5.74) is 16.5. The van der Waals surface area contributed by atoms with Crippen molar-refractivity contribution < 1.29 is 0 Å². The molecule has 14 rings (SSSR count). The molecule has 2 aliphatic carbocycles. The largest absolute Gasteiger partial charge is 0.308 e. The van der Waals surface area contributed by atoms with E-state index in [1.165, 1.54) is 81.1 Å². The van der Waals surface area contributed by atoms with Crippen molar-refractivity contribution in [1.82, 2.24) is 19.5 Å². The molecular formula is C58H34N4S. The fourth-order valence-corrected chi connectivity index (χ4v) is 12.2. The highest BCUT2D eigenvalue weighted by Gasteiger charge is 2.51. The minimum Gasteiger partial charge on any atom is -0.308 e. The molecule has 0 radical (unpaired) electrons. The maximum atomic E-state index is 5.24. The fraction of sp³-hybridized carbons (Fsp3) is 0.0172. The van der Waals surface area contributed by atoms with Gasteiger partial charge in [-0.15, -0.1) is 11.3 Å². The van der Waals surface area contributed by atoms with E-state index >= 15 is 0 Å². The van der Waals surface area contributed by atoms with Gasteiger partial charge in [0.25, 0.3) is 0 Å². The van der Waals surface area contributed by atoms with Crippen molar-refractivity contribution in [1.29, 1.82) is 0 Å². The number of nitrogens with zero attached hydrogens (tertiary/aromatic N) is 4. The van der Waals surface area contributed by atoms with E-state index in [1.807, 2.05) is 47.7 Å². The Bertz CT molecular complexity index is 3760. The Labute approximate surface area is 367 Å². The van der Waals surface area contributed by atoms with Gasteiger partial charge in [-0.05, 0) is 80.9 Å². The molecule has 0 N–H and O–H groups in total. The number of para-hydroxylation sites is 1. The number of hydrogen-bond acceptors (Lipinski definition) is 4. The van der Waals surface area contributed by atoms with Crippen LogP contribution < -0.4 is 0 Å². The summed E-state index contributed by atoms with van der Waals surface area (Å²) in [5.74, 6) is 1.95. The summed E-state index contributed by atoms with van der Waals surface area (Å²) in [6, 6.07) is 74.8. The Morgan fingerprint density at radius 2 is 0.889 bits per heavy atom. The minimum absolute atomic E-state index is 0.447. The third kappa shape index (κ3) is 4.72. The lowest BCUT2D eigenvalue weighted by Crippen LogP contribution is -2.25. The number of hydrogen-bond donors (Lipinski definition) is 0. The van der Waals surface area contributed by atoms with Gasteiger partial charge in [0.05, 0.1) is 26.8 Å². The van der Waals surface area contributed by atoms with Crippen molar-refractivity contribution in [2.75, 3.05) is 0 Å². The van der Waals surface area contributed by atoms with Crippen LogP contribution in [0.1, 0.15) is 22.3 Å². The zero-order valence-corrected chi connectivity index (χ0v) is 34.6. The lowest BCUT2D eigenvalue weighted by molar-refractivity contribution is 0.794. The van der Waals surface area contributed by atoms with Gasteiger partial charge in [0, 0.05) is 42.9 Å². The monoisotopic (exact) mass is 818 g/mol. The van der Waals surface area contributed by atoms with E-state index in [4.69, 9.17) is 15.0 Å². The first-order valence-electron chi connectivity index (χ1n) is 21.4. The van der Waals surface area contributed by atoms with Crippen LogP contribution in [0, 0.1) is 0 Å². The molecule has 0 aliphatic heterocycles. The lowest BCUT2D eigenvalue weighted by atomic mass is 9.70. The highest BCUT2D eigenvalue weighted by molar-refractivity contribution is 7.26. The Morgan fingerprint density at radius 1 is 0.365 bits per heavy atom. The molecule has 0 saturated carbocycles. The molecule has 3 aromatic heterocycles. The SMILES string of the molecule is c1ccc(-c2nc(-c3ccccc3)nc(-c3ccc(-n4c5ccccc5c5cc6c(cc54)C4(c5ccccc5-c5ccccc54)c4ccccc4-6)c4sc5ccccc5c34)n2)cc1. The van der Waals surface area contributed by atoms with E-state index in [0.717, 1.165) is 27.8 Å². The molecular weight excluding hydrogens is 785 g/mol. The van der Waals surface area contributed by atoms with E-state index < -0.39 is 5.41 Å². The summed E-state index contributed by atoms with van der Waals surface area (Å²) in [4.78, 5) is 15.5. The van der Waals surface area contributed by atoms with Gasteiger partial charge in [-0.25, -0.2) is 15.0 Å². The standard InChI is InChI=1S/C58H34N4S/c1-3-17-35(18-4-1)55-59-56(36-19-5-2-6-20-36)61-57(60-55)42-31-32-50(54-53(42)41-25-11-16-30-52(41)63-54)62-49-29-15-10-24-40(49)44-33-43-39-23-9-14-28-47(39)58(48(43)34-51(44)62)45-26-12-7-21-37(45)38-22-8-13-27-46(38)58/h1-34H. The van der Waals surface area contributed by atoms with Crippen molar-refractivity contribution >= 4 is 53.3 Å². The van der Waals surface area contributed by atoms with Crippen molar-refractivity contribution in [3.05, 3.63) is 229 Å². The van der Waals surface area contributed by atoms with Gasteiger partial charge in [-0.3, -0.25) is 0 Å². The number of thiophene rings is 1. The van der Waals surface area contributed by atoms with Gasteiger partial charge in [-0.2, -0.15) is 0 Å². The van der Waals surface area contributed by atoms with Gasteiger partial charge in [0.2, 0.25) is 0 Å². The fourth-order valence-electron chi connectivity index (χ4n) is 10.9. The summed E-state index contributed by atoms with van der Waals surface area (Å²) in [7, 11) is 0. The van der Waals surface area contributed by atoms with Gasteiger partial charge in [-0.1, -0.05) is 170 Å². The van der Waals surface area contributed by atoms with Gasteiger partial charge in [0.15, 0.2) is 17.5 Å². The number of benzene rings is 9. The smallest absolute Gasteiger partial charge is 0.164 e. The van der Waals surface area contributed by atoms with Crippen LogP contribution in [0.15, 0.2) is 206 Å². The summed E-state index contributed by atoms with van der Waals surface area (Å²) in [6.45, 7) is 0. The first kappa shape index (κ1) is 34.7. The average Bonchev–Trinajstić information content (AvgIpc) is 4.08. The molecule has 0 saturated heterocycles. The molecule has 0 amide bonds. The zero-order chi connectivity index (χ0) is 41.2. The van der Waals surface area contributed by atoms with Crippen LogP contribution in [-0.2, 0) is 5.41 Å². The quantitative estimate of drug-likeness (QED) is 0.178. The average molecular weight is 819 g/mol. The van der Waals surface area contributed by atoms with Crippen LogP contribution in [0.2, 0.25) is 0 Å². The zero-order valence-electron chi connectivity index (χ0n) is 33.8. The second-order valence-corrected chi connectivity index (χ2v) is 17.7. The van der Waals surface area contributed by atoms with E-state index in [-0.39, 0.29) is 0 Å². The minimum atomic E-state index is -0.447. The van der Waals surface area contributed by atoms with Crippen LogP contribution in [0.5, 0.6) is 0 Å². The molecule has 0 atom stereocenters. The predicted molar refractivity (Wildman–Crippen MR) is 260 cm³/mol. The summed E-state index contributed by atoms with van der Waals surface area (Å²) in [6.07, 6.45) is 0. The molecule has 12 aromatic rings. The summed E-state index contributed by atoms with van der Waals surface area (Å²) in [5, 5.41) is 4.81. The molecule has 0 bridgehead atoms. The van der Waals surface area contributed by atoms with Crippen molar-refractivity contribution in [3.63, 3.8) is 0 Å². The van der Waals surface area contributed by atoms with E-state index in [0.29, 0.717) is 17.5 Å². The van der Waals surface area contributed by atoms with E-state index in [2.05, 4.69) is 174 Å². The maximum Gasteiger partial charge on any atom is 0.164 e. The molecule has 0 unspecified atom stereocenters. The third-order valence-electron chi connectivity index (χ3n) is 13.5. The topological polar surface area (TPSA) is 43.6 Å². The van der Waals surface area contributed by atoms with Crippen LogP contribution in [0.3, 0.4) is 0 Å². The first-order valence-corrected chi connectivity index (χ1v) is 22.3. The van der Waals surface area contributed by atoms with Crippen LogP contribution in [-0.4, -0.2) is 19.5 Å². The van der Waals surface area contributed by atoms with Crippen molar-refractivity contribution in [2.24, 2.45) is 0 Å². The molecule has 5 heteroatoms. The van der Waals surface area contributed by atoms with Gasteiger partial charge >= 0.3 is 0 Å². The summed E-state index contributed by atoms with van der Waals surface area (Å²) >= 11 is 1.84. The molecule has 0 fully saturated rings. The van der Waals surface area contributed by atoms with Gasteiger partial charge < -0.3 is 4.57 Å². The molecule has 1 spiro atoms. The van der Waals surface area contributed by atoms with Crippen LogP contribution in [0.4, 0.5) is 0 Å². The molecule has 292 valence electrons. The molecule has 4 nitrogen and oxygen atoms in total. The Balaban J connectivity index is 1.07.